The summed E-state index contributed by atoms with van der Waals surface area (Å²) in [4.78, 5) is 0. The second-order valence-corrected chi connectivity index (χ2v) is 13.3. The van der Waals surface area contributed by atoms with E-state index in [-0.39, 0.29) is 0 Å². The first kappa shape index (κ1) is 26.6. The van der Waals surface area contributed by atoms with Crippen molar-refractivity contribution >= 4 is 64.6 Å². The van der Waals surface area contributed by atoms with E-state index < -0.39 is 0 Å². The van der Waals surface area contributed by atoms with Crippen molar-refractivity contribution in [1.29, 1.82) is 0 Å². The first-order valence-corrected chi connectivity index (χ1v) is 16.9. The van der Waals surface area contributed by atoms with Crippen LogP contribution in [0.1, 0.15) is 0 Å². The van der Waals surface area contributed by atoms with Crippen molar-refractivity contribution in [3.63, 3.8) is 0 Å². The number of hydrogen-bond donors (Lipinski definition) is 0. The van der Waals surface area contributed by atoms with Crippen LogP contribution in [0.5, 0.6) is 11.5 Å². The molecule has 0 saturated carbocycles. The molecule has 0 amide bonds. The van der Waals surface area contributed by atoms with Crippen LogP contribution in [0.3, 0.4) is 0 Å². The minimum absolute atomic E-state index is 0.906. The normalized spacial score (nSPS) is 12.2. The Morgan fingerprint density at radius 3 is 1.80 bits per heavy atom. The summed E-state index contributed by atoms with van der Waals surface area (Å²) in [7, 11) is 0. The summed E-state index contributed by atoms with van der Waals surface area (Å²) < 4.78 is 6.38. The van der Waals surface area contributed by atoms with Gasteiger partial charge in [-0.15, -0.1) is 0 Å². The molecule has 10 aromatic carbocycles. The molecular formula is C48H28O. The molecule has 0 saturated heterocycles. The van der Waals surface area contributed by atoms with Crippen LogP contribution in [0.25, 0.3) is 98.0 Å². The van der Waals surface area contributed by atoms with Crippen LogP contribution >= 0.6 is 0 Å². The molecule has 0 N–H and O–H groups in total. The lowest BCUT2D eigenvalue weighted by atomic mass is 9.87. The van der Waals surface area contributed by atoms with Crippen molar-refractivity contribution < 1.29 is 4.74 Å². The molecule has 1 aliphatic rings. The standard InChI is InChI=1S/C48H28O/c1-3-11-38-29(7-1)21-23-41-42(38)28-37-19-15-30-8-2-4-12-39(30)47(37)48(41)36-20-18-32-25-33(16-17-34(32)26-36)35-22-24-44-43(27-35)40-13-5-9-31-10-6-14-45(49-44)46(31)40/h1-28H. The molecule has 226 valence electrons. The van der Waals surface area contributed by atoms with Gasteiger partial charge >= 0.3 is 0 Å². The average molecular weight is 621 g/mol. The van der Waals surface area contributed by atoms with Crippen LogP contribution in [-0.2, 0) is 0 Å². The monoisotopic (exact) mass is 620 g/mol. The summed E-state index contributed by atoms with van der Waals surface area (Å²) in [6.45, 7) is 0. The van der Waals surface area contributed by atoms with Gasteiger partial charge in [0.25, 0.3) is 0 Å². The molecule has 0 aliphatic carbocycles. The Labute approximate surface area is 283 Å². The van der Waals surface area contributed by atoms with Crippen LogP contribution in [0.2, 0.25) is 0 Å². The molecule has 1 heterocycles. The van der Waals surface area contributed by atoms with E-state index in [2.05, 4.69) is 170 Å². The quantitative estimate of drug-likeness (QED) is 0.138. The van der Waals surface area contributed by atoms with E-state index in [4.69, 9.17) is 4.74 Å². The molecule has 0 bridgehead atoms. The minimum Gasteiger partial charge on any atom is -0.456 e. The van der Waals surface area contributed by atoms with E-state index >= 15 is 0 Å². The third-order valence-corrected chi connectivity index (χ3v) is 10.6. The summed E-state index contributed by atoms with van der Waals surface area (Å²) in [6.07, 6.45) is 0. The Balaban J connectivity index is 1.09. The molecule has 0 unspecified atom stereocenters. The van der Waals surface area contributed by atoms with Gasteiger partial charge in [-0.1, -0.05) is 133 Å². The maximum absolute atomic E-state index is 6.38. The number of ether oxygens (including phenoxy) is 1. The van der Waals surface area contributed by atoms with Crippen molar-refractivity contribution in [2.75, 3.05) is 0 Å². The van der Waals surface area contributed by atoms with Crippen molar-refractivity contribution in [2.45, 2.75) is 0 Å². The van der Waals surface area contributed by atoms with Gasteiger partial charge in [-0.25, -0.2) is 0 Å². The third-order valence-electron chi connectivity index (χ3n) is 10.6. The van der Waals surface area contributed by atoms with E-state index in [1.54, 1.807) is 0 Å². The van der Waals surface area contributed by atoms with Crippen LogP contribution in [0.4, 0.5) is 0 Å². The maximum Gasteiger partial charge on any atom is 0.135 e. The van der Waals surface area contributed by atoms with Crippen molar-refractivity contribution in [3.8, 4) is 44.9 Å². The SMILES string of the molecule is c1cc2c3c(cccc3c1)-c1cc(-c3ccc4cc(-c5c6ccc7ccccc7c6cc6ccc7ccccc7c56)ccc4c3)ccc1O2. The second-order valence-electron chi connectivity index (χ2n) is 13.3. The number of rotatable bonds is 2. The molecule has 0 radical (unpaired) electrons. The Morgan fingerprint density at radius 1 is 0.286 bits per heavy atom. The van der Waals surface area contributed by atoms with Crippen molar-refractivity contribution in [1.82, 2.24) is 0 Å². The summed E-state index contributed by atoms with van der Waals surface area (Å²) in [6, 6.07) is 62.3. The highest BCUT2D eigenvalue weighted by Crippen LogP contribution is 2.48. The van der Waals surface area contributed by atoms with Gasteiger partial charge in [0.05, 0.1) is 0 Å². The molecular weight excluding hydrogens is 593 g/mol. The predicted octanol–water partition coefficient (Wildman–Crippen LogP) is 13.7. The highest BCUT2D eigenvalue weighted by Gasteiger charge is 2.21. The summed E-state index contributed by atoms with van der Waals surface area (Å²) in [5.41, 5.74) is 7.28. The third kappa shape index (κ3) is 3.94. The fraction of sp³-hybridized carbons (Fsp3) is 0. The zero-order chi connectivity index (χ0) is 32.1. The van der Waals surface area contributed by atoms with Crippen molar-refractivity contribution in [3.05, 3.63) is 170 Å². The molecule has 1 aliphatic heterocycles. The molecule has 10 aromatic rings. The first-order valence-electron chi connectivity index (χ1n) is 16.9. The Bertz CT molecular complexity index is 3020. The van der Waals surface area contributed by atoms with Gasteiger partial charge < -0.3 is 4.74 Å². The largest absolute Gasteiger partial charge is 0.456 e. The molecule has 1 nitrogen and oxygen atoms in total. The van der Waals surface area contributed by atoms with Crippen LogP contribution in [0, 0.1) is 0 Å². The molecule has 0 atom stereocenters. The highest BCUT2D eigenvalue weighted by atomic mass is 16.5. The maximum atomic E-state index is 6.38. The smallest absolute Gasteiger partial charge is 0.135 e. The Kier molecular flexibility index (Phi) is 5.45. The number of fused-ring (bicyclic) bond motifs is 9. The van der Waals surface area contributed by atoms with E-state index in [1.807, 2.05) is 0 Å². The van der Waals surface area contributed by atoms with Gasteiger partial charge in [-0.05, 0) is 123 Å². The van der Waals surface area contributed by atoms with Gasteiger partial charge in [0.1, 0.15) is 11.5 Å². The fourth-order valence-electron chi connectivity index (χ4n) is 8.27. The predicted molar refractivity (Wildman–Crippen MR) is 208 cm³/mol. The molecule has 0 spiro atoms. The second kappa shape index (κ2) is 10.0. The molecule has 11 rings (SSSR count). The van der Waals surface area contributed by atoms with Crippen molar-refractivity contribution in [2.24, 2.45) is 0 Å². The number of hydrogen-bond acceptors (Lipinski definition) is 1. The lowest BCUT2D eigenvalue weighted by Crippen LogP contribution is -1.97. The lowest BCUT2D eigenvalue weighted by molar-refractivity contribution is 0.487. The Hall–Kier alpha value is -6.44. The van der Waals surface area contributed by atoms with E-state index in [0.717, 1.165) is 17.1 Å². The van der Waals surface area contributed by atoms with Gasteiger partial charge in [0, 0.05) is 10.9 Å². The van der Waals surface area contributed by atoms with Gasteiger partial charge in [0.15, 0.2) is 0 Å². The highest BCUT2D eigenvalue weighted by molar-refractivity contribution is 6.26. The zero-order valence-corrected chi connectivity index (χ0v) is 26.6. The topological polar surface area (TPSA) is 9.23 Å². The average Bonchev–Trinajstić information content (AvgIpc) is 3.16. The number of benzene rings is 10. The summed E-state index contributed by atoms with van der Waals surface area (Å²) in [5, 5.41) is 15.1. The van der Waals surface area contributed by atoms with Gasteiger partial charge in [-0.2, -0.15) is 0 Å². The Morgan fingerprint density at radius 2 is 0.918 bits per heavy atom. The molecule has 0 aromatic heterocycles. The molecule has 0 fully saturated rings. The van der Waals surface area contributed by atoms with Gasteiger partial charge in [-0.3, -0.25) is 0 Å². The van der Waals surface area contributed by atoms with Crippen LogP contribution < -0.4 is 4.74 Å². The summed E-state index contributed by atoms with van der Waals surface area (Å²) >= 11 is 0. The minimum atomic E-state index is 0.906. The van der Waals surface area contributed by atoms with Crippen LogP contribution in [0.15, 0.2) is 170 Å². The molecule has 49 heavy (non-hydrogen) atoms. The molecule has 1 heteroatoms. The van der Waals surface area contributed by atoms with E-state index in [1.165, 1.54) is 92.5 Å². The van der Waals surface area contributed by atoms with E-state index in [9.17, 15) is 0 Å². The first-order chi connectivity index (χ1) is 24.3. The summed E-state index contributed by atoms with van der Waals surface area (Å²) in [5.74, 6) is 1.83. The zero-order valence-electron chi connectivity index (χ0n) is 26.6. The fourth-order valence-corrected chi connectivity index (χ4v) is 8.27. The van der Waals surface area contributed by atoms with Gasteiger partial charge in [0.2, 0.25) is 0 Å². The van der Waals surface area contributed by atoms with Crippen LogP contribution in [-0.4, -0.2) is 0 Å². The van der Waals surface area contributed by atoms with E-state index in [0.29, 0.717) is 0 Å². The lowest BCUT2D eigenvalue weighted by Gasteiger charge is -2.22.